The molecule has 3 aromatic rings. The molecule has 0 fully saturated rings. The Hall–Kier alpha value is -3.65. The Morgan fingerprint density at radius 3 is 2.62 bits per heavy atom. The molecule has 5 heteroatoms. The van der Waals surface area contributed by atoms with Crippen LogP contribution in [0.15, 0.2) is 71.5 Å². The molecular weight excluding hydrogens is 324 g/mol. The summed E-state index contributed by atoms with van der Waals surface area (Å²) in [6, 6.07) is 19.4. The molecule has 2 heterocycles. The summed E-state index contributed by atoms with van der Waals surface area (Å²) in [5.74, 6) is -0.147. The maximum absolute atomic E-state index is 12.9. The fraction of sp³-hybridized carbons (Fsp3) is 0.0952. The van der Waals surface area contributed by atoms with Crippen LogP contribution in [0.4, 0.5) is 5.69 Å². The van der Waals surface area contributed by atoms with Crippen LogP contribution >= 0.6 is 0 Å². The number of amides is 1. The molecule has 5 nitrogen and oxygen atoms in total. The van der Waals surface area contributed by atoms with Crippen molar-refractivity contribution < 1.29 is 4.79 Å². The standard InChI is InChI=1S/C21H16N4O/c1-15-19(21(26)25(23-15)17-7-3-2-4-8-17)13-16-14-24(12-11-22)20-10-6-5-9-18(16)20/h2-10,13-14H,12H2,1H3/b19-13+. The molecule has 1 aliphatic heterocycles. The highest BCUT2D eigenvalue weighted by Gasteiger charge is 2.28. The third-order valence-electron chi connectivity index (χ3n) is 4.42. The van der Waals surface area contributed by atoms with Crippen molar-refractivity contribution in [1.82, 2.24) is 4.57 Å². The molecule has 0 spiro atoms. The summed E-state index contributed by atoms with van der Waals surface area (Å²) < 4.78 is 1.89. The number of benzene rings is 2. The van der Waals surface area contributed by atoms with Crippen molar-refractivity contribution in [3.8, 4) is 6.07 Å². The Morgan fingerprint density at radius 1 is 1.12 bits per heavy atom. The highest BCUT2D eigenvalue weighted by Crippen LogP contribution is 2.28. The van der Waals surface area contributed by atoms with Gasteiger partial charge in [-0.05, 0) is 31.2 Å². The van der Waals surface area contributed by atoms with E-state index in [0.29, 0.717) is 11.3 Å². The van der Waals surface area contributed by atoms with E-state index in [1.54, 1.807) is 0 Å². The van der Waals surface area contributed by atoms with Crippen molar-refractivity contribution in [2.45, 2.75) is 13.5 Å². The molecule has 0 saturated heterocycles. The molecule has 4 rings (SSSR count). The Kier molecular flexibility index (Phi) is 3.86. The SMILES string of the molecule is CC1=NN(c2ccccc2)C(=O)/C1=C/c1cn(CC#N)c2ccccc12. The number of para-hydroxylation sites is 2. The third-order valence-corrected chi connectivity index (χ3v) is 4.42. The first-order valence-corrected chi connectivity index (χ1v) is 8.30. The highest BCUT2D eigenvalue weighted by molar-refractivity contribution is 6.32. The second kappa shape index (κ2) is 6.34. The molecule has 0 unspecified atom stereocenters. The van der Waals surface area contributed by atoms with E-state index in [4.69, 9.17) is 5.26 Å². The fourth-order valence-corrected chi connectivity index (χ4v) is 3.18. The van der Waals surface area contributed by atoms with Gasteiger partial charge in [0.25, 0.3) is 5.91 Å². The Morgan fingerprint density at radius 2 is 1.85 bits per heavy atom. The van der Waals surface area contributed by atoms with Crippen molar-refractivity contribution in [3.63, 3.8) is 0 Å². The molecule has 26 heavy (non-hydrogen) atoms. The number of fused-ring (bicyclic) bond motifs is 1. The molecule has 1 aliphatic rings. The monoisotopic (exact) mass is 340 g/mol. The maximum Gasteiger partial charge on any atom is 0.280 e. The lowest BCUT2D eigenvalue weighted by atomic mass is 10.1. The van der Waals surface area contributed by atoms with E-state index in [0.717, 1.165) is 22.2 Å². The van der Waals surface area contributed by atoms with Crippen LogP contribution < -0.4 is 5.01 Å². The third kappa shape index (κ3) is 2.58. The molecule has 1 aromatic heterocycles. The van der Waals surface area contributed by atoms with E-state index in [9.17, 15) is 4.79 Å². The van der Waals surface area contributed by atoms with E-state index in [1.165, 1.54) is 5.01 Å². The summed E-state index contributed by atoms with van der Waals surface area (Å²) in [6.45, 7) is 2.10. The van der Waals surface area contributed by atoms with Crippen LogP contribution in [0.25, 0.3) is 17.0 Å². The van der Waals surface area contributed by atoms with Gasteiger partial charge >= 0.3 is 0 Å². The van der Waals surface area contributed by atoms with Gasteiger partial charge in [-0.25, -0.2) is 0 Å². The first-order chi connectivity index (χ1) is 12.7. The molecule has 126 valence electrons. The summed E-state index contributed by atoms with van der Waals surface area (Å²) in [5, 5.41) is 15.9. The molecule has 0 N–H and O–H groups in total. The number of hydrazone groups is 1. The Bertz CT molecular complexity index is 1100. The second-order valence-electron chi connectivity index (χ2n) is 6.08. The fourth-order valence-electron chi connectivity index (χ4n) is 3.18. The van der Waals surface area contributed by atoms with Crippen LogP contribution in [0.5, 0.6) is 0 Å². The van der Waals surface area contributed by atoms with Gasteiger partial charge in [0.2, 0.25) is 0 Å². The number of hydrogen-bond acceptors (Lipinski definition) is 3. The van der Waals surface area contributed by atoms with Crippen LogP contribution in [-0.4, -0.2) is 16.2 Å². The highest BCUT2D eigenvalue weighted by atomic mass is 16.2. The largest absolute Gasteiger partial charge is 0.333 e. The summed E-state index contributed by atoms with van der Waals surface area (Å²) in [7, 11) is 0. The molecule has 0 atom stereocenters. The van der Waals surface area contributed by atoms with Gasteiger partial charge in [-0.3, -0.25) is 4.79 Å². The van der Waals surface area contributed by atoms with Crippen LogP contribution in [0.3, 0.4) is 0 Å². The zero-order valence-electron chi connectivity index (χ0n) is 14.3. The van der Waals surface area contributed by atoms with E-state index < -0.39 is 0 Å². The minimum absolute atomic E-state index is 0.147. The molecule has 1 amide bonds. The van der Waals surface area contributed by atoms with Gasteiger partial charge in [0.15, 0.2) is 0 Å². The normalized spacial score (nSPS) is 15.5. The van der Waals surface area contributed by atoms with E-state index in [-0.39, 0.29) is 12.5 Å². The number of carbonyl (C=O) groups is 1. The summed E-state index contributed by atoms with van der Waals surface area (Å²) in [5.41, 5.74) is 3.86. The van der Waals surface area contributed by atoms with Gasteiger partial charge in [0.1, 0.15) is 6.54 Å². The number of anilines is 1. The smallest absolute Gasteiger partial charge is 0.280 e. The average molecular weight is 340 g/mol. The molecule has 0 saturated carbocycles. The Balaban J connectivity index is 1.78. The first kappa shape index (κ1) is 15.9. The van der Waals surface area contributed by atoms with Gasteiger partial charge in [0, 0.05) is 22.7 Å². The average Bonchev–Trinajstić information content (AvgIpc) is 3.16. The lowest BCUT2D eigenvalue weighted by Crippen LogP contribution is -2.21. The summed E-state index contributed by atoms with van der Waals surface area (Å²) >= 11 is 0. The first-order valence-electron chi connectivity index (χ1n) is 8.30. The van der Waals surface area contributed by atoms with Crippen molar-refractivity contribution in [2.75, 3.05) is 5.01 Å². The number of rotatable bonds is 3. The van der Waals surface area contributed by atoms with Crippen LogP contribution in [-0.2, 0) is 11.3 Å². The van der Waals surface area contributed by atoms with E-state index in [2.05, 4.69) is 11.2 Å². The number of carbonyl (C=O) groups excluding carboxylic acids is 1. The van der Waals surface area contributed by atoms with Gasteiger partial charge in [-0.15, -0.1) is 0 Å². The lowest BCUT2D eigenvalue weighted by molar-refractivity contribution is -0.114. The summed E-state index contributed by atoms with van der Waals surface area (Å²) in [4.78, 5) is 12.9. The predicted octanol–water partition coefficient (Wildman–Crippen LogP) is 3.97. The van der Waals surface area contributed by atoms with Crippen molar-refractivity contribution in [1.29, 1.82) is 5.26 Å². The Labute approximate surface area is 151 Å². The minimum Gasteiger partial charge on any atom is -0.333 e. The zero-order valence-corrected chi connectivity index (χ0v) is 14.3. The van der Waals surface area contributed by atoms with Gasteiger partial charge in [-0.1, -0.05) is 36.4 Å². The minimum atomic E-state index is -0.147. The van der Waals surface area contributed by atoms with Crippen molar-refractivity contribution in [3.05, 3.63) is 71.9 Å². The van der Waals surface area contributed by atoms with Crippen molar-refractivity contribution >= 4 is 34.3 Å². The van der Waals surface area contributed by atoms with Crippen LogP contribution in [0.2, 0.25) is 0 Å². The van der Waals surface area contributed by atoms with Gasteiger partial charge in [-0.2, -0.15) is 15.4 Å². The quantitative estimate of drug-likeness (QED) is 0.677. The van der Waals surface area contributed by atoms with Crippen LogP contribution in [0, 0.1) is 11.3 Å². The van der Waals surface area contributed by atoms with Gasteiger partial charge in [0.05, 0.1) is 23.0 Å². The van der Waals surface area contributed by atoms with E-state index >= 15 is 0 Å². The van der Waals surface area contributed by atoms with Crippen LogP contribution in [0.1, 0.15) is 12.5 Å². The van der Waals surface area contributed by atoms with E-state index in [1.807, 2.05) is 78.4 Å². The maximum atomic E-state index is 12.9. The number of nitrogens with zero attached hydrogens (tertiary/aromatic N) is 4. The van der Waals surface area contributed by atoms with Gasteiger partial charge < -0.3 is 4.57 Å². The number of aromatic nitrogens is 1. The molecule has 2 aromatic carbocycles. The molecule has 0 radical (unpaired) electrons. The second-order valence-corrected chi connectivity index (χ2v) is 6.08. The number of hydrogen-bond donors (Lipinski definition) is 0. The summed E-state index contributed by atoms with van der Waals surface area (Å²) in [6.07, 6.45) is 3.77. The molecular formula is C21H16N4O. The predicted molar refractivity (Wildman–Crippen MR) is 103 cm³/mol. The lowest BCUT2D eigenvalue weighted by Gasteiger charge is -2.10. The molecule has 0 bridgehead atoms. The molecule has 0 aliphatic carbocycles. The topological polar surface area (TPSA) is 61.4 Å². The van der Waals surface area contributed by atoms with Crippen molar-refractivity contribution in [2.24, 2.45) is 5.10 Å². The zero-order chi connectivity index (χ0) is 18.1. The number of nitriles is 1.